The van der Waals surface area contributed by atoms with Crippen LogP contribution in [0.15, 0.2) is 64.9 Å². The van der Waals surface area contributed by atoms with E-state index in [9.17, 15) is 13.2 Å². The summed E-state index contributed by atoms with van der Waals surface area (Å²) >= 11 is 1.06. The number of hydrogen-bond donors (Lipinski definition) is 2. The number of nitrogens with one attached hydrogen (secondary N) is 2. The number of carbonyl (C=O) groups is 1. The second-order valence-electron chi connectivity index (χ2n) is 5.81. The van der Waals surface area contributed by atoms with Gasteiger partial charge >= 0.3 is 0 Å². The van der Waals surface area contributed by atoms with Crippen LogP contribution in [0.5, 0.6) is 5.75 Å². The molecule has 1 heterocycles. The summed E-state index contributed by atoms with van der Waals surface area (Å²) in [5.41, 5.74) is 1.20. The predicted octanol–water partition coefficient (Wildman–Crippen LogP) is 2.93. The van der Waals surface area contributed by atoms with Crippen LogP contribution in [0.1, 0.15) is 16.1 Å². The van der Waals surface area contributed by atoms with Crippen molar-refractivity contribution in [2.75, 3.05) is 18.4 Å². The van der Waals surface area contributed by atoms with E-state index in [1.807, 2.05) is 24.3 Å². The van der Waals surface area contributed by atoms with Crippen LogP contribution in [0.3, 0.4) is 0 Å². The molecular weight excluding hydrogens is 398 g/mol. The maximum Gasteiger partial charge on any atom is 0.270 e. The third-order valence-corrected chi connectivity index (χ3v) is 6.09. The Balaban J connectivity index is 1.56. The molecule has 2 N–H and O–H groups in total. The summed E-state index contributed by atoms with van der Waals surface area (Å²) in [7, 11) is -2.13. The fraction of sp³-hybridized carbons (Fsp3) is 0.158. The zero-order valence-corrected chi connectivity index (χ0v) is 16.7. The molecule has 0 saturated carbocycles. The number of methoxy groups -OCH3 is 1. The smallest absolute Gasteiger partial charge is 0.270 e. The molecule has 0 aliphatic rings. The second kappa shape index (κ2) is 8.85. The average molecular weight is 418 g/mol. The van der Waals surface area contributed by atoms with Crippen molar-refractivity contribution < 1.29 is 17.9 Å². The van der Waals surface area contributed by atoms with E-state index in [-0.39, 0.29) is 21.6 Å². The van der Waals surface area contributed by atoms with Gasteiger partial charge in [0.1, 0.15) is 11.4 Å². The summed E-state index contributed by atoms with van der Waals surface area (Å²) in [6.45, 7) is 0.425. The summed E-state index contributed by atoms with van der Waals surface area (Å²) in [5.74, 6) is 0.406. The van der Waals surface area contributed by atoms with Crippen molar-refractivity contribution in [3.05, 3.63) is 71.2 Å². The van der Waals surface area contributed by atoms with Gasteiger partial charge in [-0.3, -0.25) is 9.52 Å². The van der Waals surface area contributed by atoms with Crippen LogP contribution in [0.4, 0.5) is 5.13 Å². The van der Waals surface area contributed by atoms with E-state index >= 15 is 0 Å². The fourth-order valence-corrected chi connectivity index (χ4v) is 4.40. The van der Waals surface area contributed by atoms with Gasteiger partial charge in [-0.05, 0) is 36.2 Å². The molecule has 1 aromatic heterocycles. The van der Waals surface area contributed by atoms with E-state index in [0.717, 1.165) is 22.6 Å². The first-order chi connectivity index (χ1) is 13.5. The van der Waals surface area contributed by atoms with Gasteiger partial charge in [-0.1, -0.05) is 30.3 Å². The molecule has 0 aliphatic heterocycles. The van der Waals surface area contributed by atoms with E-state index in [4.69, 9.17) is 4.74 Å². The number of carbonyl (C=O) groups excluding carboxylic acids is 1. The monoisotopic (exact) mass is 417 g/mol. The molecule has 0 fully saturated rings. The molecule has 3 rings (SSSR count). The maximum absolute atomic E-state index is 12.3. The summed E-state index contributed by atoms with van der Waals surface area (Å²) < 4.78 is 32.2. The van der Waals surface area contributed by atoms with Crippen molar-refractivity contribution in [1.82, 2.24) is 10.3 Å². The standard InChI is InChI=1S/C19H19N3O4S2/c1-26-15-7-5-6-14(12-15)10-11-20-18(23)17-13-27-19(21-17)22-28(24,25)16-8-3-2-4-9-16/h2-9,12-13H,10-11H2,1H3,(H,20,23)(H,21,22). The SMILES string of the molecule is COc1cccc(CCNC(=O)c2csc(NS(=O)(=O)c3ccccc3)n2)c1. The quantitative estimate of drug-likeness (QED) is 0.587. The molecule has 0 saturated heterocycles. The van der Waals surface area contributed by atoms with Crippen LogP contribution in [-0.2, 0) is 16.4 Å². The molecule has 0 aliphatic carbocycles. The van der Waals surface area contributed by atoms with Crippen LogP contribution < -0.4 is 14.8 Å². The minimum absolute atomic E-state index is 0.134. The molecule has 0 atom stereocenters. The molecule has 1 amide bonds. The highest BCUT2D eigenvalue weighted by atomic mass is 32.2. The van der Waals surface area contributed by atoms with Gasteiger partial charge in [0.15, 0.2) is 5.13 Å². The minimum Gasteiger partial charge on any atom is -0.497 e. The molecule has 9 heteroatoms. The molecule has 146 valence electrons. The van der Waals surface area contributed by atoms with Crippen LogP contribution >= 0.6 is 11.3 Å². The van der Waals surface area contributed by atoms with Crippen molar-refractivity contribution in [2.24, 2.45) is 0 Å². The molecule has 3 aromatic rings. The predicted molar refractivity (Wildman–Crippen MR) is 108 cm³/mol. The van der Waals surface area contributed by atoms with E-state index in [1.165, 1.54) is 17.5 Å². The average Bonchev–Trinajstić information content (AvgIpc) is 3.16. The lowest BCUT2D eigenvalue weighted by Gasteiger charge is -2.06. The lowest BCUT2D eigenvalue weighted by atomic mass is 10.1. The van der Waals surface area contributed by atoms with Gasteiger partial charge in [0.25, 0.3) is 15.9 Å². The Bertz CT molecular complexity index is 1050. The summed E-state index contributed by atoms with van der Waals surface area (Å²) in [4.78, 5) is 16.4. The number of sulfonamides is 1. The van der Waals surface area contributed by atoms with Crippen molar-refractivity contribution in [1.29, 1.82) is 0 Å². The Labute approximate surface area is 167 Å². The first-order valence-electron chi connectivity index (χ1n) is 8.42. The second-order valence-corrected chi connectivity index (χ2v) is 8.35. The highest BCUT2D eigenvalue weighted by molar-refractivity contribution is 7.93. The number of benzene rings is 2. The number of ether oxygens (including phenoxy) is 1. The minimum atomic E-state index is -3.73. The van der Waals surface area contributed by atoms with Gasteiger partial charge in [-0.25, -0.2) is 13.4 Å². The molecule has 2 aromatic carbocycles. The van der Waals surface area contributed by atoms with E-state index in [0.29, 0.717) is 13.0 Å². The van der Waals surface area contributed by atoms with Crippen LogP contribution in [0.25, 0.3) is 0 Å². The number of thiazole rings is 1. The van der Waals surface area contributed by atoms with Crippen LogP contribution in [-0.4, -0.2) is 33.0 Å². The number of rotatable bonds is 8. The Kier molecular flexibility index (Phi) is 6.27. The zero-order chi connectivity index (χ0) is 20.0. The highest BCUT2D eigenvalue weighted by Gasteiger charge is 2.17. The number of aromatic nitrogens is 1. The largest absolute Gasteiger partial charge is 0.497 e. The lowest BCUT2D eigenvalue weighted by molar-refractivity contribution is 0.0950. The van der Waals surface area contributed by atoms with Crippen molar-refractivity contribution >= 4 is 32.4 Å². The zero-order valence-electron chi connectivity index (χ0n) is 15.1. The van der Waals surface area contributed by atoms with Gasteiger partial charge in [0, 0.05) is 11.9 Å². The summed E-state index contributed by atoms with van der Waals surface area (Å²) in [6.07, 6.45) is 0.639. The van der Waals surface area contributed by atoms with Gasteiger partial charge in [0.2, 0.25) is 0 Å². The Hall–Kier alpha value is -2.91. The van der Waals surface area contributed by atoms with Gasteiger partial charge in [0.05, 0.1) is 12.0 Å². The molecule has 7 nitrogen and oxygen atoms in total. The molecule has 0 spiro atoms. The van der Waals surface area contributed by atoms with Crippen LogP contribution in [0, 0.1) is 0 Å². The highest BCUT2D eigenvalue weighted by Crippen LogP contribution is 2.20. The Morgan fingerprint density at radius 3 is 2.68 bits per heavy atom. The Morgan fingerprint density at radius 1 is 1.14 bits per heavy atom. The topological polar surface area (TPSA) is 97.4 Å². The molecular formula is C19H19N3O4S2. The molecule has 28 heavy (non-hydrogen) atoms. The normalized spacial score (nSPS) is 11.0. The summed E-state index contributed by atoms with van der Waals surface area (Å²) in [6, 6.07) is 15.6. The Morgan fingerprint density at radius 2 is 1.93 bits per heavy atom. The number of hydrogen-bond acceptors (Lipinski definition) is 6. The maximum atomic E-state index is 12.3. The van der Waals surface area contributed by atoms with Gasteiger partial charge in [-0.15, -0.1) is 11.3 Å². The molecule has 0 radical (unpaired) electrons. The van der Waals surface area contributed by atoms with Crippen molar-refractivity contribution in [3.8, 4) is 5.75 Å². The first-order valence-corrected chi connectivity index (χ1v) is 10.8. The summed E-state index contributed by atoms with van der Waals surface area (Å²) in [5, 5.41) is 4.44. The van der Waals surface area contributed by atoms with Gasteiger partial charge < -0.3 is 10.1 Å². The number of nitrogens with zero attached hydrogens (tertiary/aromatic N) is 1. The van der Waals surface area contributed by atoms with Crippen molar-refractivity contribution in [2.45, 2.75) is 11.3 Å². The number of anilines is 1. The first kappa shape index (κ1) is 19.8. The molecule has 0 bridgehead atoms. The molecule has 0 unspecified atom stereocenters. The van der Waals surface area contributed by atoms with Crippen LogP contribution in [0.2, 0.25) is 0 Å². The van der Waals surface area contributed by atoms with Crippen molar-refractivity contribution in [3.63, 3.8) is 0 Å². The van der Waals surface area contributed by atoms with E-state index < -0.39 is 10.0 Å². The third-order valence-electron chi connectivity index (χ3n) is 3.85. The van der Waals surface area contributed by atoms with Gasteiger partial charge in [-0.2, -0.15) is 0 Å². The fourth-order valence-electron chi connectivity index (χ4n) is 2.44. The van der Waals surface area contributed by atoms with E-state index in [2.05, 4.69) is 15.0 Å². The van der Waals surface area contributed by atoms with E-state index in [1.54, 1.807) is 25.3 Å². The number of amides is 1. The lowest BCUT2D eigenvalue weighted by Crippen LogP contribution is -2.26. The third kappa shape index (κ3) is 5.08.